The van der Waals surface area contributed by atoms with E-state index in [0.29, 0.717) is 19.4 Å². The fourth-order valence-corrected chi connectivity index (χ4v) is 2.16. The highest BCUT2D eigenvalue weighted by Crippen LogP contribution is 2.20. The molecule has 17 heavy (non-hydrogen) atoms. The van der Waals surface area contributed by atoms with Crippen molar-refractivity contribution < 1.29 is 15.0 Å². The van der Waals surface area contributed by atoms with Crippen LogP contribution < -0.4 is 0 Å². The molecule has 0 aromatic carbocycles. The Kier molecular flexibility index (Phi) is 3.73. The Bertz CT molecular complexity index is 403. The van der Waals surface area contributed by atoms with E-state index in [1.807, 2.05) is 4.57 Å². The predicted molar refractivity (Wildman–Crippen MR) is 59.5 cm³/mol. The molecule has 0 aliphatic carbocycles. The molecule has 1 unspecified atom stereocenters. The van der Waals surface area contributed by atoms with Gasteiger partial charge in [-0.05, 0) is 19.3 Å². The van der Waals surface area contributed by atoms with Gasteiger partial charge in [-0.25, -0.2) is 0 Å². The number of carboxylic acid groups (broad SMARTS) is 1. The average molecular weight is 239 g/mol. The molecule has 94 valence electrons. The first kappa shape index (κ1) is 12.0. The van der Waals surface area contributed by atoms with E-state index in [2.05, 4.69) is 10.2 Å². The maximum absolute atomic E-state index is 11.0. The number of aliphatic carboxylic acids is 1. The summed E-state index contributed by atoms with van der Waals surface area (Å²) in [4.78, 5) is 11.0. The first-order chi connectivity index (χ1) is 8.22. The number of rotatable bonds is 5. The molecule has 2 heterocycles. The molecule has 2 rings (SSSR count). The lowest BCUT2D eigenvalue weighted by Gasteiger charge is -2.20. The molecule has 0 saturated carbocycles. The maximum atomic E-state index is 11.0. The summed E-state index contributed by atoms with van der Waals surface area (Å²) in [6, 6.07) is 0. The zero-order chi connectivity index (χ0) is 12.3. The van der Waals surface area contributed by atoms with Gasteiger partial charge in [0.2, 0.25) is 0 Å². The van der Waals surface area contributed by atoms with Crippen molar-refractivity contribution >= 4 is 5.97 Å². The number of hydrogen-bond acceptors (Lipinski definition) is 4. The topological polar surface area (TPSA) is 88.2 Å². The van der Waals surface area contributed by atoms with Crippen LogP contribution in [0.1, 0.15) is 30.9 Å². The molecule has 1 aliphatic rings. The van der Waals surface area contributed by atoms with Crippen molar-refractivity contribution in [1.29, 1.82) is 0 Å². The Hall–Kier alpha value is -1.43. The Labute approximate surface area is 99.3 Å². The first-order valence-corrected chi connectivity index (χ1v) is 5.97. The van der Waals surface area contributed by atoms with Crippen LogP contribution in [0.15, 0.2) is 0 Å². The summed E-state index contributed by atoms with van der Waals surface area (Å²) in [6.07, 6.45) is 3.67. The van der Waals surface area contributed by atoms with Gasteiger partial charge in [-0.15, -0.1) is 10.2 Å². The van der Waals surface area contributed by atoms with Crippen LogP contribution in [-0.2, 0) is 24.2 Å². The van der Waals surface area contributed by atoms with Gasteiger partial charge >= 0.3 is 5.97 Å². The molecule has 0 bridgehead atoms. The lowest BCUT2D eigenvalue weighted by atomic mass is 9.99. The summed E-state index contributed by atoms with van der Waals surface area (Å²) in [5.41, 5.74) is 0. The van der Waals surface area contributed by atoms with Crippen LogP contribution >= 0.6 is 0 Å². The zero-order valence-electron chi connectivity index (χ0n) is 9.67. The van der Waals surface area contributed by atoms with Gasteiger partial charge in [0.05, 0.1) is 5.92 Å². The number of carbonyl (C=O) groups is 1. The van der Waals surface area contributed by atoms with Gasteiger partial charge < -0.3 is 14.8 Å². The average Bonchev–Trinajstić information content (AvgIpc) is 2.72. The number of fused-ring (bicyclic) bond motifs is 1. The number of nitrogens with zero attached hydrogens (tertiary/aromatic N) is 3. The summed E-state index contributed by atoms with van der Waals surface area (Å²) < 4.78 is 1.93. The van der Waals surface area contributed by atoms with Gasteiger partial charge in [-0.2, -0.15) is 0 Å². The SMILES string of the molecule is O=C(O)C1CCc2nnc(CCCCO)n2C1. The molecule has 0 saturated heterocycles. The van der Waals surface area contributed by atoms with Gasteiger partial charge in [-0.1, -0.05) is 0 Å². The van der Waals surface area contributed by atoms with E-state index in [0.717, 1.165) is 30.9 Å². The minimum atomic E-state index is -0.745. The molecule has 1 aromatic heterocycles. The second kappa shape index (κ2) is 5.27. The summed E-state index contributed by atoms with van der Waals surface area (Å²) in [5.74, 6) is 0.668. The molecule has 0 radical (unpaired) electrons. The minimum Gasteiger partial charge on any atom is -0.481 e. The highest BCUT2D eigenvalue weighted by molar-refractivity contribution is 5.70. The summed E-state index contributed by atoms with van der Waals surface area (Å²) in [5, 5.41) is 25.9. The monoisotopic (exact) mass is 239 g/mol. The smallest absolute Gasteiger partial charge is 0.308 e. The molecule has 2 N–H and O–H groups in total. The van der Waals surface area contributed by atoms with Crippen molar-refractivity contribution in [3.63, 3.8) is 0 Å². The van der Waals surface area contributed by atoms with Crippen molar-refractivity contribution in [2.24, 2.45) is 5.92 Å². The van der Waals surface area contributed by atoms with E-state index in [1.165, 1.54) is 0 Å². The van der Waals surface area contributed by atoms with Crippen LogP contribution in [0.3, 0.4) is 0 Å². The maximum Gasteiger partial charge on any atom is 0.308 e. The van der Waals surface area contributed by atoms with Crippen LogP contribution in [0, 0.1) is 5.92 Å². The third kappa shape index (κ3) is 2.63. The molecular weight excluding hydrogens is 222 g/mol. The number of aryl methyl sites for hydroxylation is 2. The van der Waals surface area contributed by atoms with Crippen LogP contribution in [0.4, 0.5) is 0 Å². The summed E-state index contributed by atoms with van der Waals surface area (Å²) in [6.45, 7) is 0.658. The van der Waals surface area contributed by atoms with Gasteiger partial charge in [-0.3, -0.25) is 4.79 Å². The van der Waals surface area contributed by atoms with Gasteiger partial charge in [0.1, 0.15) is 11.6 Å². The van der Waals surface area contributed by atoms with Gasteiger partial charge in [0.15, 0.2) is 0 Å². The predicted octanol–water partition coefficient (Wildman–Crippen LogP) is 0.240. The zero-order valence-corrected chi connectivity index (χ0v) is 9.67. The number of carboxylic acids is 1. The molecule has 0 spiro atoms. The third-order valence-electron chi connectivity index (χ3n) is 3.18. The number of unbranched alkanes of at least 4 members (excludes halogenated alkanes) is 1. The molecule has 6 heteroatoms. The highest BCUT2D eigenvalue weighted by Gasteiger charge is 2.26. The lowest BCUT2D eigenvalue weighted by Crippen LogP contribution is -2.27. The molecule has 6 nitrogen and oxygen atoms in total. The molecule has 0 amide bonds. The van der Waals surface area contributed by atoms with E-state index >= 15 is 0 Å². The van der Waals surface area contributed by atoms with Gasteiger partial charge in [0.25, 0.3) is 0 Å². The number of aromatic nitrogens is 3. The van der Waals surface area contributed by atoms with Crippen molar-refractivity contribution in [2.45, 2.75) is 38.6 Å². The van der Waals surface area contributed by atoms with E-state index in [-0.39, 0.29) is 12.5 Å². The Morgan fingerprint density at radius 1 is 1.41 bits per heavy atom. The van der Waals surface area contributed by atoms with Crippen LogP contribution in [0.2, 0.25) is 0 Å². The lowest BCUT2D eigenvalue weighted by molar-refractivity contribution is -0.142. The summed E-state index contributed by atoms with van der Waals surface area (Å²) >= 11 is 0. The standard InChI is InChI=1S/C11H17N3O3/c15-6-2-1-3-9-12-13-10-5-4-8(11(16)17)7-14(9)10/h8,15H,1-7H2,(H,16,17). The van der Waals surface area contributed by atoms with E-state index < -0.39 is 5.97 Å². The number of aliphatic hydroxyl groups excluding tert-OH is 1. The van der Waals surface area contributed by atoms with Crippen molar-refractivity contribution in [3.8, 4) is 0 Å². The highest BCUT2D eigenvalue weighted by atomic mass is 16.4. The fourth-order valence-electron chi connectivity index (χ4n) is 2.16. The second-order valence-electron chi connectivity index (χ2n) is 4.40. The number of hydrogen-bond donors (Lipinski definition) is 2. The molecule has 0 fully saturated rings. The fraction of sp³-hybridized carbons (Fsp3) is 0.727. The van der Waals surface area contributed by atoms with E-state index in [1.54, 1.807) is 0 Å². The Balaban J connectivity index is 2.06. The molecular formula is C11H17N3O3. The van der Waals surface area contributed by atoms with Crippen molar-refractivity contribution in [2.75, 3.05) is 6.61 Å². The van der Waals surface area contributed by atoms with Crippen molar-refractivity contribution in [1.82, 2.24) is 14.8 Å². The minimum absolute atomic E-state index is 0.179. The van der Waals surface area contributed by atoms with Crippen LogP contribution in [0.25, 0.3) is 0 Å². The van der Waals surface area contributed by atoms with Crippen LogP contribution in [-0.4, -0.2) is 37.6 Å². The Morgan fingerprint density at radius 3 is 2.94 bits per heavy atom. The van der Waals surface area contributed by atoms with Crippen molar-refractivity contribution in [3.05, 3.63) is 11.6 Å². The van der Waals surface area contributed by atoms with Gasteiger partial charge in [0, 0.05) is 26.0 Å². The number of aliphatic hydroxyl groups is 1. The summed E-state index contributed by atoms with van der Waals surface area (Å²) in [7, 11) is 0. The molecule has 1 aromatic rings. The first-order valence-electron chi connectivity index (χ1n) is 5.97. The molecule has 1 atom stereocenters. The molecule has 1 aliphatic heterocycles. The second-order valence-corrected chi connectivity index (χ2v) is 4.40. The van der Waals surface area contributed by atoms with E-state index in [4.69, 9.17) is 10.2 Å². The quantitative estimate of drug-likeness (QED) is 0.718. The largest absolute Gasteiger partial charge is 0.481 e. The van der Waals surface area contributed by atoms with E-state index in [9.17, 15) is 4.79 Å². The van der Waals surface area contributed by atoms with Crippen LogP contribution in [0.5, 0.6) is 0 Å². The Morgan fingerprint density at radius 2 is 2.24 bits per heavy atom. The third-order valence-corrected chi connectivity index (χ3v) is 3.18. The normalized spacial score (nSPS) is 19.0.